The van der Waals surface area contributed by atoms with Gasteiger partial charge in [-0.15, -0.1) is 0 Å². The monoisotopic (exact) mass is 250 g/mol. The molecule has 2 atom stereocenters. The molecule has 2 nitrogen and oxygen atoms in total. The van der Waals surface area contributed by atoms with Crippen LogP contribution in [-0.4, -0.2) is 31.1 Å². The number of nitrogens with one attached hydrogen (secondary N) is 1. The van der Waals surface area contributed by atoms with Gasteiger partial charge in [-0.1, -0.05) is 18.6 Å². The van der Waals surface area contributed by atoms with Crippen LogP contribution in [0, 0.1) is 5.82 Å². The van der Waals surface area contributed by atoms with Crippen LogP contribution in [-0.2, 0) is 0 Å². The Hall–Kier alpha value is -0.930. The molecule has 100 valence electrons. The molecule has 1 heterocycles. The van der Waals surface area contributed by atoms with E-state index in [9.17, 15) is 4.39 Å². The number of rotatable bonds is 4. The van der Waals surface area contributed by atoms with Crippen molar-refractivity contribution in [3.63, 3.8) is 0 Å². The second-order valence-electron chi connectivity index (χ2n) is 5.32. The molecule has 0 aromatic heterocycles. The summed E-state index contributed by atoms with van der Waals surface area (Å²) in [5.41, 5.74) is 1.02. The minimum atomic E-state index is -0.157. The van der Waals surface area contributed by atoms with Gasteiger partial charge in [-0.25, -0.2) is 4.39 Å². The summed E-state index contributed by atoms with van der Waals surface area (Å²) in [7, 11) is 2.19. The third-order valence-electron chi connectivity index (χ3n) is 3.93. The SMILES string of the molecule is CC(NCC1CCCCN1C)c1cccc(F)c1. The average molecular weight is 250 g/mol. The van der Waals surface area contributed by atoms with Gasteiger partial charge in [-0.05, 0) is 51.1 Å². The maximum Gasteiger partial charge on any atom is 0.123 e. The van der Waals surface area contributed by atoms with E-state index in [-0.39, 0.29) is 11.9 Å². The first-order chi connectivity index (χ1) is 8.66. The Morgan fingerprint density at radius 1 is 1.44 bits per heavy atom. The van der Waals surface area contributed by atoms with Crippen molar-refractivity contribution in [3.05, 3.63) is 35.6 Å². The first kappa shape index (κ1) is 13.5. The number of nitrogens with zero attached hydrogens (tertiary/aromatic N) is 1. The van der Waals surface area contributed by atoms with E-state index in [1.807, 2.05) is 6.07 Å². The average Bonchev–Trinajstić information content (AvgIpc) is 2.37. The van der Waals surface area contributed by atoms with Crippen molar-refractivity contribution in [2.75, 3.05) is 20.1 Å². The Morgan fingerprint density at radius 2 is 2.28 bits per heavy atom. The number of likely N-dealkylation sites (tertiary alicyclic amines) is 1. The van der Waals surface area contributed by atoms with E-state index in [2.05, 4.69) is 24.2 Å². The van der Waals surface area contributed by atoms with Gasteiger partial charge in [-0.2, -0.15) is 0 Å². The Kier molecular flexibility index (Phi) is 4.72. The van der Waals surface area contributed by atoms with Crippen LogP contribution in [0.3, 0.4) is 0 Å². The highest BCUT2D eigenvalue weighted by molar-refractivity contribution is 5.19. The summed E-state index contributed by atoms with van der Waals surface area (Å²) in [5.74, 6) is -0.157. The highest BCUT2D eigenvalue weighted by Crippen LogP contribution is 2.17. The lowest BCUT2D eigenvalue weighted by molar-refractivity contribution is 0.178. The molecule has 1 aromatic rings. The molecule has 1 N–H and O–H groups in total. The lowest BCUT2D eigenvalue weighted by Crippen LogP contribution is -2.43. The fraction of sp³-hybridized carbons (Fsp3) is 0.600. The molecule has 18 heavy (non-hydrogen) atoms. The summed E-state index contributed by atoms with van der Waals surface area (Å²) in [6, 6.07) is 7.68. The molecule has 2 unspecified atom stereocenters. The first-order valence-electron chi connectivity index (χ1n) is 6.86. The van der Waals surface area contributed by atoms with E-state index in [1.54, 1.807) is 12.1 Å². The van der Waals surface area contributed by atoms with Gasteiger partial charge in [0.05, 0.1) is 0 Å². The molecule has 0 saturated carbocycles. The van der Waals surface area contributed by atoms with E-state index in [1.165, 1.54) is 31.9 Å². The molecule has 0 aliphatic carbocycles. The van der Waals surface area contributed by atoms with Gasteiger partial charge in [0.15, 0.2) is 0 Å². The van der Waals surface area contributed by atoms with E-state index >= 15 is 0 Å². The van der Waals surface area contributed by atoms with Crippen molar-refractivity contribution in [2.24, 2.45) is 0 Å². The number of benzene rings is 1. The number of hydrogen-bond acceptors (Lipinski definition) is 2. The molecule has 2 rings (SSSR count). The fourth-order valence-corrected chi connectivity index (χ4v) is 2.61. The lowest BCUT2D eigenvalue weighted by Gasteiger charge is -2.33. The maximum atomic E-state index is 13.1. The van der Waals surface area contributed by atoms with Crippen LogP contribution >= 0.6 is 0 Å². The first-order valence-corrected chi connectivity index (χ1v) is 6.86. The van der Waals surface area contributed by atoms with Crippen molar-refractivity contribution >= 4 is 0 Å². The van der Waals surface area contributed by atoms with Crippen molar-refractivity contribution in [3.8, 4) is 0 Å². The number of halogens is 1. The summed E-state index contributed by atoms with van der Waals surface area (Å²) in [6.45, 7) is 4.27. The molecule has 1 aliphatic rings. The van der Waals surface area contributed by atoms with E-state index in [0.717, 1.165) is 12.1 Å². The second-order valence-corrected chi connectivity index (χ2v) is 5.32. The quantitative estimate of drug-likeness (QED) is 0.884. The summed E-state index contributed by atoms with van der Waals surface area (Å²) in [5, 5.41) is 3.52. The van der Waals surface area contributed by atoms with Crippen LogP contribution in [0.4, 0.5) is 4.39 Å². The summed E-state index contributed by atoms with van der Waals surface area (Å²) in [4.78, 5) is 2.43. The number of piperidine rings is 1. The zero-order chi connectivity index (χ0) is 13.0. The van der Waals surface area contributed by atoms with Gasteiger partial charge in [0.2, 0.25) is 0 Å². The Morgan fingerprint density at radius 3 is 3.00 bits per heavy atom. The summed E-state index contributed by atoms with van der Waals surface area (Å²) >= 11 is 0. The van der Waals surface area contributed by atoms with Crippen molar-refractivity contribution < 1.29 is 4.39 Å². The molecule has 0 bridgehead atoms. The van der Waals surface area contributed by atoms with Gasteiger partial charge in [0, 0.05) is 18.6 Å². The van der Waals surface area contributed by atoms with Crippen LogP contribution in [0.15, 0.2) is 24.3 Å². The Balaban J connectivity index is 1.86. The van der Waals surface area contributed by atoms with E-state index in [4.69, 9.17) is 0 Å². The largest absolute Gasteiger partial charge is 0.309 e. The van der Waals surface area contributed by atoms with Gasteiger partial charge in [-0.3, -0.25) is 0 Å². The number of hydrogen-bond donors (Lipinski definition) is 1. The molecule has 1 saturated heterocycles. The Bertz CT molecular complexity index is 381. The second kappa shape index (κ2) is 6.30. The van der Waals surface area contributed by atoms with Crippen molar-refractivity contribution in [1.29, 1.82) is 0 Å². The number of likely N-dealkylation sites (N-methyl/N-ethyl adjacent to an activating group) is 1. The van der Waals surface area contributed by atoms with Gasteiger partial charge >= 0.3 is 0 Å². The van der Waals surface area contributed by atoms with Crippen LogP contribution in [0.5, 0.6) is 0 Å². The molecular formula is C15H23FN2. The highest BCUT2D eigenvalue weighted by Gasteiger charge is 2.19. The molecular weight excluding hydrogens is 227 g/mol. The third kappa shape index (κ3) is 3.53. The molecule has 1 aromatic carbocycles. The normalized spacial score (nSPS) is 22.9. The van der Waals surface area contributed by atoms with E-state index < -0.39 is 0 Å². The van der Waals surface area contributed by atoms with Crippen LogP contribution in [0.25, 0.3) is 0 Å². The zero-order valence-electron chi connectivity index (χ0n) is 11.3. The van der Waals surface area contributed by atoms with Crippen LogP contribution in [0.2, 0.25) is 0 Å². The standard InChI is InChI=1S/C15H23FN2/c1-12(13-6-5-7-14(16)10-13)17-11-15-8-3-4-9-18(15)2/h5-7,10,12,15,17H,3-4,8-9,11H2,1-2H3. The summed E-state index contributed by atoms with van der Waals surface area (Å²) < 4.78 is 13.1. The predicted molar refractivity (Wildman–Crippen MR) is 73.1 cm³/mol. The smallest absolute Gasteiger partial charge is 0.123 e. The molecule has 3 heteroatoms. The lowest BCUT2D eigenvalue weighted by atomic mass is 10.0. The van der Waals surface area contributed by atoms with Gasteiger partial charge in [0.25, 0.3) is 0 Å². The molecule has 0 spiro atoms. The molecule has 0 amide bonds. The van der Waals surface area contributed by atoms with Crippen LogP contribution in [0.1, 0.15) is 37.8 Å². The van der Waals surface area contributed by atoms with Gasteiger partial charge in [0.1, 0.15) is 5.82 Å². The predicted octanol–water partition coefficient (Wildman–Crippen LogP) is 2.96. The van der Waals surface area contributed by atoms with Crippen LogP contribution < -0.4 is 5.32 Å². The summed E-state index contributed by atoms with van der Waals surface area (Å²) in [6.07, 6.45) is 3.90. The van der Waals surface area contributed by atoms with Crippen molar-refractivity contribution in [2.45, 2.75) is 38.3 Å². The third-order valence-corrected chi connectivity index (χ3v) is 3.93. The minimum absolute atomic E-state index is 0.157. The highest BCUT2D eigenvalue weighted by atomic mass is 19.1. The zero-order valence-corrected chi connectivity index (χ0v) is 11.3. The molecule has 1 aliphatic heterocycles. The minimum Gasteiger partial charge on any atom is -0.309 e. The van der Waals surface area contributed by atoms with Gasteiger partial charge < -0.3 is 10.2 Å². The van der Waals surface area contributed by atoms with E-state index in [0.29, 0.717) is 6.04 Å². The molecule has 0 radical (unpaired) electrons. The van der Waals surface area contributed by atoms with Crippen molar-refractivity contribution in [1.82, 2.24) is 10.2 Å². The maximum absolute atomic E-state index is 13.1. The molecule has 1 fully saturated rings. The Labute approximate surface area is 109 Å². The fourth-order valence-electron chi connectivity index (χ4n) is 2.61. The topological polar surface area (TPSA) is 15.3 Å².